The van der Waals surface area contributed by atoms with Gasteiger partial charge < -0.3 is 10.2 Å². The molecule has 28 heavy (non-hydrogen) atoms. The molecule has 2 amide bonds. The zero-order chi connectivity index (χ0) is 20.7. The maximum absolute atomic E-state index is 13.1. The lowest BCUT2D eigenvalue weighted by Crippen LogP contribution is -2.50. The van der Waals surface area contributed by atoms with Crippen LogP contribution in [0.3, 0.4) is 0 Å². The van der Waals surface area contributed by atoms with Crippen LogP contribution in [0.2, 0.25) is 10.0 Å². The first-order valence-electron chi connectivity index (χ1n) is 9.40. The van der Waals surface area contributed by atoms with E-state index >= 15 is 0 Å². The molecular weight excluding hydrogens is 395 g/mol. The van der Waals surface area contributed by atoms with E-state index in [2.05, 4.69) is 5.32 Å². The van der Waals surface area contributed by atoms with Crippen molar-refractivity contribution in [3.63, 3.8) is 0 Å². The Hall–Kier alpha value is -2.04. The second-order valence-corrected chi connectivity index (χ2v) is 7.69. The summed E-state index contributed by atoms with van der Waals surface area (Å²) < 4.78 is 0. The first-order chi connectivity index (χ1) is 13.3. The molecule has 0 aliphatic carbocycles. The van der Waals surface area contributed by atoms with Gasteiger partial charge in [0.15, 0.2) is 0 Å². The number of nitrogens with zero attached hydrogens (tertiary/aromatic N) is 1. The van der Waals surface area contributed by atoms with Crippen molar-refractivity contribution in [2.75, 3.05) is 0 Å². The molecule has 6 heteroatoms. The van der Waals surface area contributed by atoms with E-state index < -0.39 is 6.04 Å². The predicted octanol–water partition coefficient (Wildman–Crippen LogP) is 4.87. The Bertz CT molecular complexity index is 791. The standard InChI is InChI=1S/C22H26Cl2N2O2/c1-4-15(2)25-22(28)16(3)26(14-18-19(23)11-8-12-20(18)24)21(27)13-17-9-6-5-7-10-17/h5-12,15-16H,4,13-14H2,1-3H3,(H,25,28)/t15-,16-/m1/s1. The third-order valence-electron chi connectivity index (χ3n) is 4.76. The van der Waals surface area contributed by atoms with Crippen molar-refractivity contribution in [1.82, 2.24) is 10.2 Å². The summed E-state index contributed by atoms with van der Waals surface area (Å²) in [6.07, 6.45) is 1.01. The second kappa shape index (κ2) is 10.5. The number of carbonyl (C=O) groups is 2. The van der Waals surface area contributed by atoms with Gasteiger partial charge in [0.25, 0.3) is 0 Å². The largest absolute Gasteiger partial charge is 0.352 e. The molecule has 1 N–H and O–H groups in total. The highest BCUT2D eigenvalue weighted by Crippen LogP contribution is 2.27. The van der Waals surface area contributed by atoms with E-state index in [0.717, 1.165) is 12.0 Å². The Morgan fingerprint density at radius 3 is 2.18 bits per heavy atom. The third-order valence-corrected chi connectivity index (χ3v) is 5.46. The average molecular weight is 421 g/mol. The van der Waals surface area contributed by atoms with Crippen molar-refractivity contribution >= 4 is 35.0 Å². The summed E-state index contributed by atoms with van der Waals surface area (Å²) in [4.78, 5) is 27.3. The minimum atomic E-state index is -0.655. The smallest absolute Gasteiger partial charge is 0.242 e. The van der Waals surface area contributed by atoms with Gasteiger partial charge in [-0.25, -0.2) is 0 Å². The van der Waals surface area contributed by atoms with Crippen molar-refractivity contribution in [3.8, 4) is 0 Å². The van der Waals surface area contributed by atoms with Gasteiger partial charge in [-0.1, -0.05) is 66.5 Å². The molecule has 0 radical (unpaired) electrons. The van der Waals surface area contributed by atoms with E-state index in [1.54, 1.807) is 25.1 Å². The Labute approximate surface area is 176 Å². The molecule has 0 heterocycles. The van der Waals surface area contributed by atoms with Crippen LogP contribution < -0.4 is 5.32 Å². The van der Waals surface area contributed by atoms with Crippen LogP contribution in [0.15, 0.2) is 48.5 Å². The third kappa shape index (κ3) is 5.98. The normalized spacial score (nSPS) is 12.9. The summed E-state index contributed by atoms with van der Waals surface area (Å²) in [6.45, 7) is 5.83. The summed E-state index contributed by atoms with van der Waals surface area (Å²) in [6, 6.07) is 14.0. The average Bonchev–Trinajstić information content (AvgIpc) is 2.67. The Kier molecular flexibility index (Phi) is 8.34. The summed E-state index contributed by atoms with van der Waals surface area (Å²) in [5, 5.41) is 3.89. The molecule has 0 fully saturated rings. The number of rotatable bonds is 8. The van der Waals surface area contributed by atoms with Crippen molar-refractivity contribution < 1.29 is 9.59 Å². The second-order valence-electron chi connectivity index (χ2n) is 6.88. The molecule has 0 unspecified atom stereocenters. The lowest BCUT2D eigenvalue weighted by molar-refractivity contribution is -0.140. The van der Waals surface area contributed by atoms with E-state index in [4.69, 9.17) is 23.2 Å². The summed E-state index contributed by atoms with van der Waals surface area (Å²) in [7, 11) is 0. The molecule has 2 atom stereocenters. The number of amides is 2. The van der Waals surface area contributed by atoms with Gasteiger partial charge >= 0.3 is 0 Å². The van der Waals surface area contributed by atoms with Crippen LogP contribution in [0.4, 0.5) is 0 Å². The zero-order valence-corrected chi connectivity index (χ0v) is 17.9. The van der Waals surface area contributed by atoms with Crippen molar-refractivity contribution in [3.05, 3.63) is 69.7 Å². The van der Waals surface area contributed by atoms with Gasteiger partial charge in [0, 0.05) is 28.2 Å². The minimum absolute atomic E-state index is 0.0323. The molecule has 0 spiro atoms. The molecule has 0 aliphatic heterocycles. The topological polar surface area (TPSA) is 49.4 Å². The van der Waals surface area contributed by atoms with Crippen LogP contribution in [-0.4, -0.2) is 28.8 Å². The number of benzene rings is 2. The highest BCUT2D eigenvalue weighted by Gasteiger charge is 2.28. The van der Waals surface area contributed by atoms with E-state index in [1.807, 2.05) is 44.2 Å². The van der Waals surface area contributed by atoms with Crippen LogP contribution in [0, 0.1) is 0 Å². The fourth-order valence-electron chi connectivity index (χ4n) is 2.77. The molecule has 0 bridgehead atoms. The fourth-order valence-corrected chi connectivity index (χ4v) is 3.29. The van der Waals surface area contributed by atoms with Crippen molar-refractivity contribution in [1.29, 1.82) is 0 Å². The van der Waals surface area contributed by atoms with Crippen LogP contribution in [0.1, 0.15) is 38.3 Å². The molecule has 2 aromatic carbocycles. The first kappa shape index (κ1) is 22.3. The highest BCUT2D eigenvalue weighted by molar-refractivity contribution is 6.36. The Balaban J connectivity index is 2.28. The summed E-state index contributed by atoms with van der Waals surface area (Å²) in [5.41, 5.74) is 1.52. The number of hydrogen-bond donors (Lipinski definition) is 1. The lowest BCUT2D eigenvalue weighted by Gasteiger charge is -2.30. The molecule has 0 aromatic heterocycles. The van der Waals surface area contributed by atoms with Crippen LogP contribution in [0.25, 0.3) is 0 Å². The van der Waals surface area contributed by atoms with E-state index in [-0.39, 0.29) is 30.8 Å². The number of carbonyl (C=O) groups excluding carboxylic acids is 2. The summed E-state index contributed by atoms with van der Waals surface area (Å²) >= 11 is 12.6. The van der Waals surface area contributed by atoms with E-state index in [1.165, 1.54) is 4.90 Å². The van der Waals surface area contributed by atoms with Crippen LogP contribution in [-0.2, 0) is 22.6 Å². The molecule has 4 nitrogen and oxygen atoms in total. The molecular formula is C22H26Cl2N2O2. The van der Waals surface area contributed by atoms with E-state index in [0.29, 0.717) is 15.6 Å². The van der Waals surface area contributed by atoms with Gasteiger partial charge in [0.1, 0.15) is 6.04 Å². The van der Waals surface area contributed by atoms with Gasteiger partial charge in [-0.05, 0) is 38.0 Å². The fraction of sp³-hybridized carbons (Fsp3) is 0.364. The van der Waals surface area contributed by atoms with Crippen LogP contribution >= 0.6 is 23.2 Å². The van der Waals surface area contributed by atoms with Gasteiger partial charge in [-0.2, -0.15) is 0 Å². The van der Waals surface area contributed by atoms with Gasteiger partial charge in [0.2, 0.25) is 11.8 Å². The maximum atomic E-state index is 13.1. The maximum Gasteiger partial charge on any atom is 0.242 e. The van der Waals surface area contributed by atoms with Gasteiger partial charge in [-0.15, -0.1) is 0 Å². The van der Waals surface area contributed by atoms with Crippen LogP contribution in [0.5, 0.6) is 0 Å². The SMILES string of the molecule is CC[C@@H](C)NC(=O)[C@@H](C)N(Cc1c(Cl)cccc1Cl)C(=O)Cc1ccccc1. The quantitative estimate of drug-likeness (QED) is 0.661. The highest BCUT2D eigenvalue weighted by atomic mass is 35.5. The van der Waals surface area contributed by atoms with Crippen molar-refractivity contribution in [2.24, 2.45) is 0 Å². The molecule has 0 saturated carbocycles. The number of halogens is 2. The molecule has 2 rings (SSSR count). The molecule has 2 aromatic rings. The van der Waals surface area contributed by atoms with E-state index in [9.17, 15) is 9.59 Å². The van der Waals surface area contributed by atoms with Gasteiger partial charge in [0.05, 0.1) is 6.42 Å². The number of hydrogen-bond acceptors (Lipinski definition) is 2. The Morgan fingerprint density at radius 2 is 1.61 bits per heavy atom. The zero-order valence-electron chi connectivity index (χ0n) is 16.4. The predicted molar refractivity (Wildman–Crippen MR) is 115 cm³/mol. The molecule has 150 valence electrons. The van der Waals surface area contributed by atoms with Gasteiger partial charge in [-0.3, -0.25) is 9.59 Å². The molecule has 0 aliphatic rings. The van der Waals surface area contributed by atoms with Crippen molar-refractivity contribution in [2.45, 2.75) is 52.2 Å². The summed E-state index contributed by atoms with van der Waals surface area (Å²) in [5.74, 6) is -0.354. The Morgan fingerprint density at radius 1 is 1.00 bits per heavy atom. The first-order valence-corrected chi connectivity index (χ1v) is 10.2. The minimum Gasteiger partial charge on any atom is -0.352 e. The lowest BCUT2D eigenvalue weighted by atomic mass is 10.1. The monoisotopic (exact) mass is 420 g/mol. The number of nitrogens with one attached hydrogen (secondary N) is 1. The molecule has 0 saturated heterocycles.